The van der Waals surface area contributed by atoms with Crippen molar-refractivity contribution in [2.75, 3.05) is 0 Å². The van der Waals surface area contributed by atoms with Gasteiger partial charge in [-0.15, -0.1) is 0 Å². The second-order valence-corrected chi connectivity index (χ2v) is 5.40. The molecule has 2 nitrogen and oxygen atoms in total. The molecule has 3 aromatic rings. The van der Waals surface area contributed by atoms with E-state index in [4.69, 9.17) is 34.8 Å². The molecule has 0 fully saturated rings. The lowest BCUT2D eigenvalue weighted by Gasteiger charge is -2.10. The highest BCUT2D eigenvalue weighted by molar-refractivity contribution is 6.42. The number of aromatic amines is 1. The Morgan fingerprint density at radius 3 is 2.32 bits per heavy atom. The van der Waals surface area contributed by atoms with E-state index in [9.17, 15) is 5.11 Å². The molecule has 1 heterocycles. The summed E-state index contributed by atoms with van der Waals surface area (Å²) >= 11 is 18.2. The van der Waals surface area contributed by atoms with Crippen LogP contribution in [0.15, 0.2) is 36.5 Å². The lowest BCUT2D eigenvalue weighted by molar-refractivity contribution is 0.483. The van der Waals surface area contributed by atoms with Crippen molar-refractivity contribution in [3.63, 3.8) is 0 Å². The number of phenolic OH excluding ortho intramolecular Hbond substituents is 1. The Labute approximate surface area is 124 Å². The van der Waals surface area contributed by atoms with E-state index in [1.165, 1.54) is 0 Å². The first-order valence-corrected chi connectivity index (χ1v) is 6.65. The molecule has 0 aliphatic carbocycles. The van der Waals surface area contributed by atoms with Crippen LogP contribution in [0.1, 0.15) is 0 Å². The van der Waals surface area contributed by atoms with Gasteiger partial charge in [-0.1, -0.05) is 34.8 Å². The summed E-state index contributed by atoms with van der Waals surface area (Å²) in [5, 5.41) is 12.3. The molecule has 2 aromatic carbocycles. The maximum absolute atomic E-state index is 10.3. The monoisotopic (exact) mass is 311 g/mol. The van der Waals surface area contributed by atoms with Crippen molar-refractivity contribution < 1.29 is 5.11 Å². The van der Waals surface area contributed by atoms with Gasteiger partial charge in [-0.05, 0) is 30.3 Å². The number of hydrogen-bond donors (Lipinski definition) is 2. The van der Waals surface area contributed by atoms with Gasteiger partial charge in [0.25, 0.3) is 0 Å². The van der Waals surface area contributed by atoms with Crippen LogP contribution in [-0.4, -0.2) is 10.1 Å². The number of benzene rings is 2. The number of H-pyrrole nitrogens is 1. The highest BCUT2D eigenvalue weighted by Crippen LogP contribution is 2.43. The van der Waals surface area contributed by atoms with Gasteiger partial charge >= 0.3 is 0 Å². The van der Waals surface area contributed by atoms with Gasteiger partial charge in [-0.25, -0.2) is 0 Å². The number of aromatic hydroxyl groups is 1. The van der Waals surface area contributed by atoms with E-state index in [0.29, 0.717) is 26.2 Å². The lowest BCUT2D eigenvalue weighted by atomic mass is 10.0. The number of aromatic nitrogens is 1. The van der Waals surface area contributed by atoms with Crippen LogP contribution in [0.25, 0.3) is 22.0 Å². The van der Waals surface area contributed by atoms with Crippen molar-refractivity contribution in [2.45, 2.75) is 0 Å². The molecule has 96 valence electrons. The van der Waals surface area contributed by atoms with E-state index in [2.05, 4.69) is 4.98 Å². The molecule has 2 N–H and O–H groups in total. The zero-order valence-corrected chi connectivity index (χ0v) is 11.8. The average molecular weight is 313 g/mol. The molecule has 0 bridgehead atoms. The Morgan fingerprint density at radius 1 is 0.947 bits per heavy atom. The normalized spacial score (nSPS) is 11.1. The first-order chi connectivity index (χ1) is 9.08. The third-order valence-corrected chi connectivity index (χ3v) is 3.80. The van der Waals surface area contributed by atoms with E-state index >= 15 is 0 Å². The van der Waals surface area contributed by atoms with Crippen molar-refractivity contribution >= 4 is 45.7 Å². The largest absolute Gasteiger partial charge is 0.507 e. The van der Waals surface area contributed by atoms with Crippen LogP contribution in [0.3, 0.4) is 0 Å². The van der Waals surface area contributed by atoms with Gasteiger partial charge in [0.05, 0.1) is 10.0 Å². The van der Waals surface area contributed by atoms with Gasteiger partial charge < -0.3 is 10.1 Å². The Hall–Kier alpha value is -1.35. The summed E-state index contributed by atoms with van der Waals surface area (Å²) in [4.78, 5) is 3.03. The fraction of sp³-hybridized carbons (Fsp3) is 0. The van der Waals surface area contributed by atoms with Crippen LogP contribution in [0, 0.1) is 0 Å². The SMILES string of the molecule is Oc1c(-c2c(Cl)cc(Cl)cc2Cl)ccc2[nH]ccc12. The van der Waals surface area contributed by atoms with Crippen molar-refractivity contribution in [2.24, 2.45) is 0 Å². The predicted molar refractivity (Wildman–Crippen MR) is 80.4 cm³/mol. The molecule has 19 heavy (non-hydrogen) atoms. The summed E-state index contributed by atoms with van der Waals surface area (Å²) in [6.45, 7) is 0. The summed E-state index contributed by atoms with van der Waals surface area (Å²) in [7, 11) is 0. The second kappa shape index (κ2) is 4.64. The van der Waals surface area contributed by atoms with E-state index in [1.54, 1.807) is 30.5 Å². The zero-order chi connectivity index (χ0) is 13.6. The van der Waals surface area contributed by atoms with Crippen LogP contribution >= 0.6 is 34.8 Å². The molecular formula is C14H8Cl3NO. The molecule has 0 atom stereocenters. The summed E-state index contributed by atoms with van der Waals surface area (Å²) in [6.07, 6.45) is 1.76. The van der Waals surface area contributed by atoms with Gasteiger partial charge in [0.15, 0.2) is 0 Å². The molecule has 0 radical (unpaired) electrons. The molecule has 0 aliphatic rings. The fourth-order valence-corrected chi connectivity index (χ4v) is 3.14. The van der Waals surface area contributed by atoms with Crippen molar-refractivity contribution in [1.29, 1.82) is 0 Å². The van der Waals surface area contributed by atoms with E-state index in [0.717, 1.165) is 10.9 Å². The fourth-order valence-electron chi connectivity index (χ4n) is 2.12. The Balaban J connectivity index is 2.33. The highest BCUT2D eigenvalue weighted by Gasteiger charge is 2.15. The van der Waals surface area contributed by atoms with Crippen molar-refractivity contribution in [3.8, 4) is 16.9 Å². The minimum Gasteiger partial charge on any atom is -0.507 e. The summed E-state index contributed by atoms with van der Waals surface area (Å²) < 4.78 is 0. The summed E-state index contributed by atoms with van der Waals surface area (Å²) in [5.41, 5.74) is 2.01. The second-order valence-electron chi connectivity index (χ2n) is 4.15. The quantitative estimate of drug-likeness (QED) is 0.611. The van der Waals surface area contributed by atoms with Gasteiger partial charge in [0.1, 0.15) is 5.75 Å². The Bertz CT molecular complexity index is 756. The zero-order valence-electron chi connectivity index (χ0n) is 9.55. The van der Waals surface area contributed by atoms with Gasteiger partial charge in [-0.3, -0.25) is 0 Å². The number of nitrogens with one attached hydrogen (secondary N) is 1. The van der Waals surface area contributed by atoms with Gasteiger partial charge in [-0.2, -0.15) is 0 Å². The number of rotatable bonds is 1. The molecule has 0 saturated heterocycles. The van der Waals surface area contributed by atoms with E-state index in [1.807, 2.05) is 6.07 Å². The third-order valence-electron chi connectivity index (χ3n) is 2.98. The standard InChI is InChI=1S/C14H8Cl3NO/c15-7-5-10(16)13(11(17)6-7)9-1-2-12-8(14(9)19)3-4-18-12/h1-6,18-19H. The first-order valence-electron chi connectivity index (χ1n) is 5.52. The molecule has 0 saturated carbocycles. The molecule has 1 aromatic heterocycles. The molecule has 5 heteroatoms. The minimum atomic E-state index is 0.143. The van der Waals surface area contributed by atoms with Crippen LogP contribution in [0.2, 0.25) is 15.1 Å². The smallest absolute Gasteiger partial charge is 0.132 e. The average Bonchev–Trinajstić information content (AvgIpc) is 2.79. The summed E-state index contributed by atoms with van der Waals surface area (Å²) in [5.74, 6) is 0.143. The number of fused-ring (bicyclic) bond motifs is 1. The number of hydrogen-bond acceptors (Lipinski definition) is 1. The van der Waals surface area contributed by atoms with Crippen LogP contribution in [-0.2, 0) is 0 Å². The Kier molecular flexibility index (Phi) is 3.09. The third kappa shape index (κ3) is 2.06. The van der Waals surface area contributed by atoms with Crippen LogP contribution in [0.4, 0.5) is 0 Å². The molecule has 0 unspecified atom stereocenters. The molecule has 0 aliphatic heterocycles. The van der Waals surface area contributed by atoms with Crippen molar-refractivity contribution in [1.82, 2.24) is 4.98 Å². The molecule has 3 rings (SSSR count). The number of halogens is 3. The first kappa shape index (κ1) is 12.7. The highest BCUT2D eigenvalue weighted by atomic mass is 35.5. The summed E-state index contributed by atoms with van der Waals surface area (Å²) in [6, 6.07) is 8.64. The van der Waals surface area contributed by atoms with Crippen molar-refractivity contribution in [3.05, 3.63) is 51.6 Å². The van der Waals surface area contributed by atoms with Crippen LogP contribution in [0.5, 0.6) is 5.75 Å². The van der Waals surface area contributed by atoms with Crippen LogP contribution < -0.4 is 0 Å². The van der Waals surface area contributed by atoms with Gasteiger partial charge in [0, 0.05) is 33.2 Å². The number of phenols is 1. The predicted octanol–water partition coefficient (Wildman–Crippen LogP) is 5.50. The Morgan fingerprint density at radius 2 is 1.63 bits per heavy atom. The molecular weight excluding hydrogens is 305 g/mol. The maximum atomic E-state index is 10.3. The minimum absolute atomic E-state index is 0.143. The maximum Gasteiger partial charge on any atom is 0.132 e. The molecule has 0 amide bonds. The lowest BCUT2D eigenvalue weighted by Crippen LogP contribution is -1.84. The van der Waals surface area contributed by atoms with E-state index < -0.39 is 0 Å². The topological polar surface area (TPSA) is 36.0 Å². The van der Waals surface area contributed by atoms with E-state index in [-0.39, 0.29) is 5.75 Å². The van der Waals surface area contributed by atoms with Gasteiger partial charge in [0.2, 0.25) is 0 Å². The molecule has 0 spiro atoms.